The zero-order valence-electron chi connectivity index (χ0n) is 6.98. The highest BCUT2D eigenvalue weighted by molar-refractivity contribution is 6.36. The van der Waals surface area contributed by atoms with E-state index in [1.165, 1.54) is 0 Å². The minimum atomic E-state index is 0.551. The first-order chi connectivity index (χ1) is 6.25. The smallest absolute Gasteiger partial charge is 0.0617 e. The molecule has 0 saturated carbocycles. The Labute approximate surface area is 87.8 Å². The minimum Gasteiger partial charge on any atom is -0.330 e. The van der Waals surface area contributed by atoms with Crippen LogP contribution in [0.5, 0.6) is 0 Å². The molecule has 0 saturated heterocycles. The van der Waals surface area contributed by atoms with Crippen molar-refractivity contribution in [1.29, 1.82) is 0 Å². The van der Waals surface area contributed by atoms with Crippen molar-refractivity contribution >= 4 is 23.2 Å². The molecule has 1 aromatic rings. The summed E-state index contributed by atoms with van der Waals surface area (Å²) in [7, 11) is 0. The van der Waals surface area contributed by atoms with E-state index in [0.717, 1.165) is 0 Å². The third-order valence-corrected chi connectivity index (χ3v) is 2.08. The summed E-state index contributed by atoms with van der Waals surface area (Å²) < 4.78 is 0. The number of halogens is 2. The molecule has 1 nitrogen and oxygen atoms in total. The summed E-state index contributed by atoms with van der Waals surface area (Å²) in [6, 6.07) is 5.32. The Morgan fingerprint density at radius 2 is 1.85 bits per heavy atom. The summed E-state index contributed by atoms with van der Waals surface area (Å²) in [4.78, 5) is 0. The lowest BCUT2D eigenvalue weighted by molar-refractivity contribution is 1.03. The third-order valence-electron chi connectivity index (χ3n) is 1.45. The van der Waals surface area contributed by atoms with Crippen molar-refractivity contribution in [3.8, 4) is 11.8 Å². The van der Waals surface area contributed by atoms with Crippen LogP contribution in [-0.4, -0.2) is 6.54 Å². The maximum Gasteiger partial charge on any atom is 0.0617 e. The van der Waals surface area contributed by atoms with Gasteiger partial charge in [-0.3, -0.25) is 0 Å². The summed E-state index contributed by atoms with van der Waals surface area (Å²) in [6.07, 6.45) is 0.654. The first-order valence-corrected chi connectivity index (χ1v) is 4.64. The maximum atomic E-state index is 5.89. The summed E-state index contributed by atoms with van der Waals surface area (Å²) in [5, 5.41) is 1.16. The molecule has 2 N–H and O–H groups in total. The summed E-state index contributed by atoms with van der Waals surface area (Å²) in [6.45, 7) is 0.551. The van der Waals surface area contributed by atoms with Crippen molar-refractivity contribution in [2.75, 3.05) is 6.54 Å². The molecule has 0 amide bonds. The van der Waals surface area contributed by atoms with Gasteiger partial charge in [-0.1, -0.05) is 41.1 Å². The summed E-state index contributed by atoms with van der Waals surface area (Å²) in [5.41, 5.74) is 5.98. The van der Waals surface area contributed by atoms with E-state index in [1.54, 1.807) is 18.2 Å². The summed E-state index contributed by atoms with van der Waals surface area (Å²) in [5.74, 6) is 5.78. The fraction of sp³-hybridized carbons (Fsp3) is 0.200. The van der Waals surface area contributed by atoms with Gasteiger partial charge >= 0.3 is 0 Å². The van der Waals surface area contributed by atoms with Gasteiger partial charge in [0.2, 0.25) is 0 Å². The van der Waals surface area contributed by atoms with Gasteiger partial charge < -0.3 is 5.73 Å². The molecule has 0 aliphatic heterocycles. The number of hydrogen-bond acceptors (Lipinski definition) is 1. The minimum absolute atomic E-state index is 0.551. The predicted molar refractivity (Wildman–Crippen MR) is 57.0 cm³/mol. The van der Waals surface area contributed by atoms with Crippen molar-refractivity contribution in [2.24, 2.45) is 5.73 Å². The third kappa shape index (κ3) is 2.93. The van der Waals surface area contributed by atoms with E-state index in [0.29, 0.717) is 28.6 Å². The molecule has 0 unspecified atom stereocenters. The number of benzene rings is 1. The van der Waals surface area contributed by atoms with Gasteiger partial charge in [0.1, 0.15) is 0 Å². The van der Waals surface area contributed by atoms with E-state index in [4.69, 9.17) is 28.9 Å². The maximum absolute atomic E-state index is 5.89. The first kappa shape index (κ1) is 10.4. The van der Waals surface area contributed by atoms with E-state index in [1.807, 2.05) is 0 Å². The van der Waals surface area contributed by atoms with Gasteiger partial charge in [0, 0.05) is 13.0 Å². The van der Waals surface area contributed by atoms with Crippen LogP contribution in [-0.2, 0) is 0 Å². The van der Waals surface area contributed by atoms with Crippen LogP contribution < -0.4 is 5.73 Å². The Kier molecular flexibility index (Phi) is 4.11. The van der Waals surface area contributed by atoms with Crippen LogP contribution in [0.4, 0.5) is 0 Å². The van der Waals surface area contributed by atoms with Gasteiger partial charge in [-0.2, -0.15) is 0 Å². The normalized spacial score (nSPS) is 9.15. The lowest BCUT2D eigenvalue weighted by Gasteiger charge is -1.97. The molecule has 0 radical (unpaired) electrons. The van der Waals surface area contributed by atoms with Gasteiger partial charge in [-0.25, -0.2) is 0 Å². The highest BCUT2D eigenvalue weighted by Gasteiger charge is 2.00. The van der Waals surface area contributed by atoms with Crippen molar-refractivity contribution in [3.63, 3.8) is 0 Å². The molecule has 1 rings (SSSR count). The molecule has 68 valence electrons. The summed E-state index contributed by atoms with van der Waals surface area (Å²) >= 11 is 11.8. The average Bonchev–Trinajstić information content (AvgIpc) is 2.10. The Bertz CT molecular complexity index is 329. The Morgan fingerprint density at radius 3 is 2.38 bits per heavy atom. The topological polar surface area (TPSA) is 26.0 Å². The highest BCUT2D eigenvalue weighted by atomic mass is 35.5. The molecule has 0 aliphatic carbocycles. The fourth-order valence-corrected chi connectivity index (χ4v) is 1.33. The van der Waals surface area contributed by atoms with Crippen molar-refractivity contribution in [3.05, 3.63) is 33.8 Å². The number of rotatable bonds is 1. The van der Waals surface area contributed by atoms with Crippen LogP contribution in [0, 0.1) is 11.8 Å². The molecular weight excluding hydrogens is 205 g/mol. The largest absolute Gasteiger partial charge is 0.330 e. The second kappa shape index (κ2) is 5.14. The molecule has 13 heavy (non-hydrogen) atoms. The van der Waals surface area contributed by atoms with Gasteiger partial charge in [0.15, 0.2) is 0 Å². The quantitative estimate of drug-likeness (QED) is 0.714. The van der Waals surface area contributed by atoms with Crippen LogP contribution in [0.1, 0.15) is 12.0 Å². The van der Waals surface area contributed by atoms with E-state index < -0.39 is 0 Å². The molecule has 3 heteroatoms. The standard InChI is InChI=1S/C10H9Cl2N/c11-9-5-3-6-10(12)8(9)4-1-2-7-13/h3,5-6H,2,7,13H2. The fourth-order valence-electron chi connectivity index (χ4n) is 0.840. The number of nitrogens with two attached hydrogens (primary N) is 1. The second-order valence-electron chi connectivity index (χ2n) is 2.44. The van der Waals surface area contributed by atoms with Gasteiger partial charge in [0.05, 0.1) is 15.6 Å². The lowest BCUT2D eigenvalue weighted by Crippen LogP contribution is -1.95. The van der Waals surface area contributed by atoms with Crippen LogP contribution in [0.2, 0.25) is 10.0 Å². The second-order valence-corrected chi connectivity index (χ2v) is 3.25. The van der Waals surface area contributed by atoms with Crippen molar-refractivity contribution in [1.82, 2.24) is 0 Å². The molecular formula is C10H9Cl2N. The molecule has 1 aromatic carbocycles. The molecule has 0 atom stereocenters. The molecule has 0 aromatic heterocycles. The molecule has 0 spiro atoms. The van der Waals surface area contributed by atoms with Crippen molar-refractivity contribution in [2.45, 2.75) is 6.42 Å². The SMILES string of the molecule is NCCC#Cc1c(Cl)cccc1Cl. The average molecular weight is 214 g/mol. The monoisotopic (exact) mass is 213 g/mol. The number of hydrogen-bond donors (Lipinski definition) is 1. The van der Waals surface area contributed by atoms with Crippen LogP contribution >= 0.6 is 23.2 Å². The van der Waals surface area contributed by atoms with E-state index in [9.17, 15) is 0 Å². The molecule has 0 heterocycles. The van der Waals surface area contributed by atoms with Crippen LogP contribution in [0.25, 0.3) is 0 Å². The molecule has 0 bridgehead atoms. The van der Waals surface area contributed by atoms with E-state index in [2.05, 4.69) is 11.8 Å². The highest BCUT2D eigenvalue weighted by Crippen LogP contribution is 2.22. The van der Waals surface area contributed by atoms with Gasteiger partial charge in [0.25, 0.3) is 0 Å². The van der Waals surface area contributed by atoms with Gasteiger partial charge in [-0.15, -0.1) is 0 Å². The Morgan fingerprint density at radius 1 is 1.23 bits per heavy atom. The zero-order chi connectivity index (χ0) is 9.68. The Hall–Kier alpha value is -0.680. The predicted octanol–water partition coefficient (Wildman–Crippen LogP) is 2.69. The first-order valence-electron chi connectivity index (χ1n) is 3.88. The van der Waals surface area contributed by atoms with Crippen LogP contribution in [0.15, 0.2) is 18.2 Å². The Balaban J connectivity index is 2.95. The van der Waals surface area contributed by atoms with E-state index in [-0.39, 0.29) is 0 Å². The molecule has 0 aliphatic rings. The van der Waals surface area contributed by atoms with Crippen molar-refractivity contribution < 1.29 is 0 Å². The van der Waals surface area contributed by atoms with Gasteiger partial charge in [-0.05, 0) is 12.1 Å². The van der Waals surface area contributed by atoms with E-state index >= 15 is 0 Å². The molecule has 0 fully saturated rings. The zero-order valence-corrected chi connectivity index (χ0v) is 8.49. The van der Waals surface area contributed by atoms with Crippen LogP contribution in [0.3, 0.4) is 0 Å². The lowest BCUT2D eigenvalue weighted by atomic mass is 10.2.